The van der Waals surface area contributed by atoms with E-state index in [2.05, 4.69) is 5.32 Å². The summed E-state index contributed by atoms with van der Waals surface area (Å²) in [6.45, 7) is 3.60. The van der Waals surface area contributed by atoms with E-state index in [1.165, 1.54) is 59.5 Å². The molecule has 9 nitrogen and oxygen atoms in total. The molecule has 1 N–H and O–H groups in total. The van der Waals surface area contributed by atoms with Gasteiger partial charge in [0.1, 0.15) is 37.4 Å². The molecule has 0 bridgehead atoms. The number of sulfonamides is 1. The third kappa shape index (κ3) is 6.94. The number of hydrogen-bond acceptors (Lipinski definition) is 6. The average Bonchev–Trinajstić information content (AvgIpc) is 2.97. The maximum absolute atomic E-state index is 14.0. The van der Waals surface area contributed by atoms with Crippen LogP contribution in [0.4, 0.5) is 14.5 Å². The van der Waals surface area contributed by atoms with Crippen molar-refractivity contribution >= 4 is 27.5 Å². The number of fused-ring (bicyclic) bond motifs is 1. The van der Waals surface area contributed by atoms with E-state index in [0.29, 0.717) is 24.5 Å². The number of anilines is 1. The zero-order valence-electron chi connectivity index (χ0n) is 22.7. The Morgan fingerprint density at radius 3 is 2.12 bits per heavy atom. The number of amides is 2. The van der Waals surface area contributed by atoms with Crippen LogP contribution in [0.25, 0.3) is 0 Å². The van der Waals surface area contributed by atoms with Crippen molar-refractivity contribution in [1.82, 2.24) is 10.2 Å². The smallest absolute Gasteiger partial charge is 0.264 e. The highest BCUT2D eigenvalue weighted by atomic mass is 32.2. The largest absolute Gasteiger partial charge is 0.486 e. The Morgan fingerprint density at radius 1 is 0.902 bits per heavy atom. The molecular formula is C29H31F2N3O6S. The molecule has 4 rings (SSSR count). The molecule has 1 unspecified atom stereocenters. The first-order chi connectivity index (χ1) is 19.6. The average molecular weight is 588 g/mol. The summed E-state index contributed by atoms with van der Waals surface area (Å²) >= 11 is 0. The summed E-state index contributed by atoms with van der Waals surface area (Å²) in [7, 11) is -4.39. The van der Waals surface area contributed by atoms with Gasteiger partial charge in [0.15, 0.2) is 11.5 Å². The fraction of sp³-hybridized carbons (Fsp3) is 0.310. The number of halogens is 2. The van der Waals surface area contributed by atoms with Gasteiger partial charge in [0, 0.05) is 19.2 Å². The summed E-state index contributed by atoms with van der Waals surface area (Å²) in [4.78, 5) is 28.0. The summed E-state index contributed by atoms with van der Waals surface area (Å²) in [5.41, 5.74) is 0.591. The Hall–Kier alpha value is -4.19. The van der Waals surface area contributed by atoms with Crippen molar-refractivity contribution in [2.24, 2.45) is 0 Å². The van der Waals surface area contributed by atoms with Crippen LogP contribution >= 0.6 is 0 Å². The summed E-state index contributed by atoms with van der Waals surface area (Å²) in [5, 5.41) is 2.71. The van der Waals surface area contributed by atoms with Gasteiger partial charge in [0.25, 0.3) is 10.0 Å². The Bertz CT molecular complexity index is 1480. The molecule has 0 saturated carbocycles. The van der Waals surface area contributed by atoms with E-state index < -0.39 is 46.1 Å². The van der Waals surface area contributed by atoms with E-state index in [1.807, 2.05) is 0 Å². The summed E-state index contributed by atoms with van der Waals surface area (Å²) in [6, 6.07) is 13.3. The SMILES string of the molecule is CCNC(=O)C(CC)N(Cc1ccc(F)cc1)C(=O)CN(c1ccc(F)cc1)S(=O)(=O)c1ccc2c(c1)OCCO2. The third-order valence-corrected chi connectivity index (χ3v) is 8.27. The van der Waals surface area contributed by atoms with Gasteiger partial charge >= 0.3 is 0 Å². The van der Waals surface area contributed by atoms with Crippen molar-refractivity contribution in [2.75, 3.05) is 30.6 Å². The number of ether oxygens (including phenoxy) is 2. The second kappa shape index (κ2) is 13.0. The van der Waals surface area contributed by atoms with Gasteiger partial charge in [-0.1, -0.05) is 19.1 Å². The normalized spacial score (nSPS) is 13.3. The zero-order chi connectivity index (χ0) is 29.6. The molecule has 1 aliphatic heterocycles. The lowest BCUT2D eigenvalue weighted by atomic mass is 10.1. The van der Waals surface area contributed by atoms with Gasteiger partial charge < -0.3 is 19.7 Å². The minimum atomic E-state index is -4.39. The van der Waals surface area contributed by atoms with Crippen molar-refractivity contribution < 1.29 is 36.3 Å². The fourth-order valence-electron chi connectivity index (χ4n) is 4.45. The van der Waals surface area contributed by atoms with Crippen LogP contribution in [0.5, 0.6) is 11.5 Å². The standard InChI is InChI=1S/C29H31F2N3O6S/c1-3-25(29(36)32-4-2)33(18-20-5-7-21(30)8-6-20)28(35)19-34(23-11-9-22(31)10-12-23)41(37,38)24-13-14-26-27(17-24)40-16-15-39-26/h5-14,17,25H,3-4,15-16,18-19H2,1-2H3,(H,32,36). The predicted molar refractivity (Wildman–Crippen MR) is 148 cm³/mol. The molecule has 1 heterocycles. The van der Waals surface area contributed by atoms with E-state index in [9.17, 15) is 26.8 Å². The zero-order valence-corrected chi connectivity index (χ0v) is 23.5. The lowest BCUT2D eigenvalue weighted by Crippen LogP contribution is -2.52. The number of benzene rings is 3. The van der Waals surface area contributed by atoms with Gasteiger partial charge in [-0.15, -0.1) is 0 Å². The van der Waals surface area contributed by atoms with Gasteiger partial charge in [0.2, 0.25) is 11.8 Å². The molecule has 3 aromatic rings. The number of carbonyl (C=O) groups excluding carboxylic acids is 2. The second-order valence-corrected chi connectivity index (χ2v) is 11.1. The predicted octanol–water partition coefficient (Wildman–Crippen LogP) is 3.87. The van der Waals surface area contributed by atoms with Gasteiger partial charge in [-0.3, -0.25) is 13.9 Å². The van der Waals surface area contributed by atoms with E-state index in [4.69, 9.17) is 9.47 Å². The molecule has 2 amide bonds. The molecule has 3 aromatic carbocycles. The molecule has 0 radical (unpaired) electrons. The van der Waals surface area contributed by atoms with Crippen molar-refractivity contribution in [1.29, 1.82) is 0 Å². The fourth-order valence-corrected chi connectivity index (χ4v) is 5.88. The Labute approximate surface area is 237 Å². The molecule has 41 heavy (non-hydrogen) atoms. The summed E-state index contributed by atoms with van der Waals surface area (Å²) in [5.74, 6) is -1.51. The number of nitrogens with zero attached hydrogens (tertiary/aromatic N) is 2. The maximum atomic E-state index is 14.0. The van der Waals surface area contributed by atoms with Crippen molar-refractivity contribution in [3.8, 4) is 11.5 Å². The third-order valence-electron chi connectivity index (χ3n) is 6.50. The number of likely N-dealkylation sites (N-methyl/N-ethyl adjacent to an activating group) is 1. The molecule has 12 heteroatoms. The molecule has 0 spiro atoms. The number of hydrogen-bond donors (Lipinski definition) is 1. The van der Waals surface area contributed by atoms with Crippen molar-refractivity contribution in [2.45, 2.75) is 37.8 Å². The van der Waals surface area contributed by atoms with Crippen LogP contribution in [0.2, 0.25) is 0 Å². The van der Waals surface area contributed by atoms with Crippen LogP contribution in [-0.4, -0.2) is 57.5 Å². The van der Waals surface area contributed by atoms with Crippen LogP contribution in [0.3, 0.4) is 0 Å². The number of carbonyl (C=O) groups is 2. The molecular weight excluding hydrogens is 556 g/mol. The number of nitrogens with one attached hydrogen (secondary N) is 1. The molecule has 0 aromatic heterocycles. The topological polar surface area (TPSA) is 105 Å². The summed E-state index contributed by atoms with van der Waals surface area (Å²) in [6.07, 6.45) is 0.240. The second-order valence-electron chi connectivity index (χ2n) is 9.26. The first kappa shape index (κ1) is 29.8. The van der Waals surface area contributed by atoms with Gasteiger partial charge in [-0.25, -0.2) is 17.2 Å². The molecule has 0 fully saturated rings. The number of rotatable bonds is 11. The van der Waals surface area contributed by atoms with Crippen molar-refractivity contribution in [3.05, 3.63) is 83.9 Å². The minimum Gasteiger partial charge on any atom is -0.486 e. The molecule has 218 valence electrons. The highest BCUT2D eigenvalue weighted by Crippen LogP contribution is 2.34. The lowest BCUT2D eigenvalue weighted by molar-refractivity contribution is -0.140. The van der Waals surface area contributed by atoms with Crippen LogP contribution in [-0.2, 0) is 26.2 Å². The van der Waals surface area contributed by atoms with Crippen LogP contribution in [0.15, 0.2) is 71.6 Å². The molecule has 1 aliphatic rings. The van der Waals surface area contributed by atoms with Crippen molar-refractivity contribution in [3.63, 3.8) is 0 Å². The molecule has 0 aliphatic carbocycles. The molecule has 0 saturated heterocycles. The minimum absolute atomic E-state index is 0.0439. The van der Waals surface area contributed by atoms with Crippen LogP contribution in [0, 0.1) is 11.6 Å². The van der Waals surface area contributed by atoms with Crippen LogP contribution < -0.4 is 19.1 Å². The maximum Gasteiger partial charge on any atom is 0.264 e. The van der Waals surface area contributed by atoms with Gasteiger partial charge in [0.05, 0.1) is 10.6 Å². The first-order valence-corrected chi connectivity index (χ1v) is 14.6. The quantitative estimate of drug-likeness (QED) is 0.365. The first-order valence-electron chi connectivity index (χ1n) is 13.1. The Kier molecular flexibility index (Phi) is 9.43. The van der Waals surface area contributed by atoms with E-state index in [-0.39, 0.29) is 35.9 Å². The van der Waals surface area contributed by atoms with E-state index in [1.54, 1.807) is 13.8 Å². The highest BCUT2D eigenvalue weighted by molar-refractivity contribution is 7.92. The molecule has 1 atom stereocenters. The van der Waals surface area contributed by atoms with Gasteiger partial charge in [-0.05, 0) is 67.4 Å². The Morgan fingerprint density at radius 2 is 1.51 bits per heavy atom. The Balaban J connectivity index is 1.74. The van der Waals surface area contributed by atoms with E-state index >= 15 is 0 Å². The summed E-state index contributed by atoms with van der Waals surface area (Å²) < 4.78 is 67.2. The monoisotopic (exact) mass is 587 g/mol. The van der Waals surface area contributed by atoms with E-state index in [0.717, 1.165) is 16.4 Å². The van der Waals surface area contributed by atoms with Gasteiger partial charge in [-0.2, -0.15) is 0 Å². The lowest BCUT2D eigenvalue weighted by Gasteiger charge is -2.33. The van der Waals surface area contributed by atoms with Crippen LogP contribution in [0.1, 0.15) is 25.8 Å². The highest BCUT2D eigenvalue weighted by Gasteiger charge is 2.34.